The average molecular weight is 338 g/mol. The quantitative estimate of drug-likeness (QED) is 0.912. The minimum absolute atomic E-state index is 0.0287. The maximum absolute atomic E-state index is 12.7. The first-order chi connectivity index (χ1) is 12.2. The molecule has 5 nitrogen and oxygen atoms in total. The first kappa shape index (κ1) is 17.0. The zero-order valence-corrected chi connectivity index (χ0v) is 14.3. The van der Waals surface area contributed by atoms with Crippen LogP contribution in [0.1, 0.15) is 18.4 Å². The number of carbonyl (C=O) groups excluding carboxylic acids is 2. The summed E-state index contributed by atoms with van der Waals surface area (Å²) in [5, 5.41) is 2.90. The van der Waals surface area contributed by atoms with Crippen LogP contribution < -0.4 is 10.1 Å². The van der Waals surface area contributed by atoms with Crippen molar-refractivity contribution in [1.82, 2.24) is 4.90 Å². The van der Waals surface area contributed by atoms with E-state index in [0.29, 0.717) is 13.0 Å². The van der Waals surface area contributed by atoms with Crippen LogP contribution in [0, 0.1) is 0 Å². The molecule has 1 fully saturated rings. The molecule has 5 heteroatoms. The number of likely N-dealkylation sites (tertiary alicyclic amines) is 1. The van der Waals surface area contributed by atoms with Crippen molar-refractivity contribution in [2.45, 2.75) is 25.3 Å². The molecule has 0 saturated carbocycles. The van der Waals surface area contributed by atoms with Crippen LogP contribution in [0.4, 0.5) is 5.69 Å². The number of anilines is 1. The summed E-state index contributed by atoms with van der Waals surface area (Å²) >= 11 is 0. The predicted octanol–water partition coefficient (Wildman–Crippen LogP) is 2.87. The Bertz CT molecular complexity index is 746. The number of rotatable bonds is 5. The van der Waals surface area contributed by atoms with Crippen molar-refractivity contribution >= 4 is 17.5 Å². The van der Waals surface area contributed by atoms with Gasteiger partial charge in [-0.05, 0) is 42.7 Å². The third-order valence-electron chi connectivity index (χ3n) is 4.41. The molecule has 1 aliphatic rings. The summed E-state index contributed by atoms with van der Waals surface area (Å²) in [6.45, 7) is 0.621. The Balaban J connectivity index is 1.65. The third kappa shape index (κ3) is 4.18. The SMILES string of the molecule is COc1cccc(CC(=O)N2CCCC2C(=O)Nc2ccccc2)c1. The van der Waals surface area contributed by atoms with Gasteiger partial charge in [0.15, 0.2) is 0 Å². The Kier molecular flexibility index (Phi) is 5.33. The summed E-state index contributed by atoms with van der Waals surface area (Å²) in [4.78, 5) is 26.9. The third-order valence-corrected chi connectivity index (χ3v) is 4.41. The second-order valence-corrected chi connectivity index (χ2v) is 6.13. The molecule has 0 aliphatic carbocycles. The average Bonchev–Trinajstić information content (AvgIpc) is 3.13. The fraction of sp³-hybridized carbons (Fsp3) is 0.300. The van der Waals surface area contributed by atoms with E-state index in [0.717, 1.165) is 23.4 Å². The number of hydrogen-bond donors (Lipinski definition) is 1. The largest absolute Gasteiger partial charge is 0.497 e. The van der Waals surface area contributed by atoms with Crippen LogP contribution in [0.25, 0.3) is 0 Å². The number of para-hydroxylation sites is 1. The molecule has 1 aliphatic heterocycles. The molecule has 1 unspecified atom stereocenters. The summed E-state index contributed by atoms with van der Waals surface area (Å²) in [6, 6.07) is 16.4. The molecule has 1 saturated heterocycles. The van der Waals surface area contributed by atoms with Gasteiger partial charge in [-0.25, -0.2) is 0 Å². The number of carbonyl (C=O) groups is 2. The topological polar surface area (TPSA) is 58.6 Å². The van der Waals surface area contributed by atoms with Crippen molar-refractivity contribution in [2.24, 2.45) is 0 Å². The molecular weight excluding hydrogens is 316 g/mol. The monoisotopic (exact) mass is 338 g/mol. The van der Waals surface area contributed by atoms with E-state index in [1.54, 1.807) is 12.0 Å². The lowest BCUT2D eigenvalue weighted by Crippen LogP contribution is -2.43. The van der Waals surface area contributed by atoms with Crippen molar-refractivity contribution in [3.05, 3.63) is 60.2 Å². The maximum atomic E-state index is 12.7. The smallest absolute Gasteiger partial charge is 0.247 e. The lowest BCUT2D eigenvalue weighted by atomic mass is 10.1. The number of hydrogen-bond acceptors (Lipinski definition) is 3. The van der Waals surface area contributed by atoms with E-state index in [-0.39, 0.29) is 18.2 Å². The Labute approximate surface area is 147 Å². The van der Waals surface area contributed by atoms with Gasteiger partial charge in [0.25, 0.3) is 0 Å². The number of ether oxygens (including phenoxy) is 1. The highest BCUT2D eigenvalue weighted by molar-refractivity contribution is 5.97. The van der Waals surface area contributed by atoms with Crippen LogP contribution in [-0.4, -0.2) is 36.4 Å². The molecule has 1 heterocycles. The second kappa shape index (κ2) is 7.83. The summed E-state index contributed by atoms with van der Waals surface area (Å²) in [5.41, 5.74) is 1.64. The molecule has 0 bridgehead atoms. The van der Waals surface area contributed by atoms with Gasteiger partial charge in [-0.2, -0.15) is 0 Å². The molecule has 2 amide bonds. The number of methoxy groups -OCH3 is 1. The highest BCUT2D eigenvalue weighted by Gasteiger charge is 2.33. The van der Waals surface area contributed by atoms with Crippen molar-refractivity contribution in [2.75, 3.05) is 19.0 Å². The highest BCUT2D eigenvalue weighted by Crippen LogP contribution is 2.21. The summed E-state index contributed by atoms with van der Waals surface area (Å²) in [6.07, 6.45) is 1.81. The van der Waals surface area contributed by atoms with Gasteiger partial charge in [0.05, 0.1) is 13.5 Å². The molecule has 2 aromatic rings. The van der Waals surface area contributed by atoms with E-state index in [1.165, 1.54) is 0 Å². The summed E-state index contributed by atoms with van der Waals surface area (Å²) in [7, 11) is 1.60. The van der Waals surface area contributed by atoms with Crippen LogP contribution >= 0.6 is 0 Å². The van der Waals surface area contributed by atoms with Crippen molar-refractivity contribution in [1.29, 1.82) is 0 Å². The molecule has 1 N–H and O–H groups in total. The van der Waals surface area contributed by atoms with Crippen LogP contribution in [0.2, 0.25) is 0 Å². The van der Waals surface area contributed by atoms with Gasteiger partial charge in [-0.1, -0.05) is 30.3 Å². The van der Waals surface area contributed by atoms with Crippen LogP contribution in [0.15, 0.2) is 54.6 Å². The van der Waals surface area contributed by atoms with Crippen LogP contribution in [-0.2, 0) is 16.0 Å². The van der Waals surface area contributed by atoms with E-state index in [4.69, 9.17) is 4.74 Å². The first-order valence-electron chi connectivity index (χ1n) is 8.45. The molecule has 25 heavy (non-hydrogen) atoms. The fourth-order valence-electron chi connectivity index (χ4n) is 3.14. The number of amides is 2. The minimum atomic E-state index is -0.404. The molecule has 0 spiro atoms. The van der Waals surface area contributed by atoms with Crippen molar-refractivity contribution < 1.29 is 14.3 Å². The van der Waals surface area contributed by atoms with Gasteiger partial charge < -0.3 is 15.0 Å². The van der Waals surface area contributed by atoms with Crippen LogP contribution in [0.3, 0.4) is 0 Å². The van der Waals surface area contributed by atoms with Gasteiger partial charge in [-0.3, -0.25) is 9.59 Å². The Morgan fingerprint density at radius 1 is 1.16 bits per heavy atom. The number of nitrogens with zero attached hydrogens (tertiary/aromatic N) is 1. The molecule has 130 valence electrons. The zero-order chi connectivity index (χ0) is 17.6. The van der Waals surface area contributed by atoms with Crippen molar-refractivity contribution in [3.63, 3.8) is 0 Å². The maximum Gasteiger partial charge on any atom is 0.247 e. The fourth-order valence-corrected chi connectivity index (χ4v) is 3.14. The predicted molar refractivity (Wildman–Crippen MR) is 96.5 cm³/mol. The van der Waals surface area contributed by atoms with E-state index in [2.05, 4.69) is 5.32 Å². The molecule has 0 aromatic heterocycles. The lowest BCUT2D eigenvalue weighted by Gasteiger charge is -2.24. The molecule has 3 rings (SSSR count). The molecular formula is C20H22N2O3. The Morgan fingerprint density at radius 3 is 2.72 bits per heavy atom. The Morgan fingerprint density at radius 2 is 1.96 bits per heavy atom. The first-order valence-corrected chi connectivity index (χ1v) is 8.45. The second-order valence-electron chi connectivity index (χ2n) is 6.13. The number of nitrogens with one attached hydrogen (secondary N) is 1. The number of benzene rings is 2. The van der Waals surface area contributed by atoms with Crippen LogP contribution in [0.5, 0.6) is 5.75 Å². The van der Waals surface area contributed by atoms with Gasteiger partial charge in [0.2, 0.25) is 11.8 Å². The van der Waals surface area contributed by atoms with E-state index in [9.17, 15) is 9.59 Å². The van der Waals surface area contributed by atoms with Crippen molar-refractivity contribution in [3.8, 4) is 5.75 Å². The standard InChI is InChI=1S/C20H22N2O3/c1-25-17-10-5-7-15(13-17)14-19(23)22-12-6-11-18(22)20(24)21-16-8-3-2-4-9-16/h2-5,7-10,13,18H,6,11-12,14H2,1H3,(H,21,24). The minimum Gasteiger partial charge on any atom is -0.497 e. The molecule has 2 aromatic carbocycles. The van der Waals surface area contributed by atoms with E-state index >= 15 is 0 Å². The summed E-state index contributed by atoms with van der Waals surface area (Å²) in [5.74, 6) is 0.576. The van der Waals surface area contributed by atoms with Gasteiger partial charge in [0, 0.05) is 12.2 Å². The normalized spacial score (nSPS) is 16.5. The van der Waals surface area contributed by atoms with E-state index < -0.39 is 6.04 Å². The van der Waals surface area contributed by atoms with Gasteiger partial charge >= 0.3 is 0 Å². The van der Waals surface area contributed by atoms with E-state index in [1.807, 2.05) is 54.6 Å². The highest BCUT2D eigenvalue weighted by atomic mass is 16.5. The molecule has 0 radical (unpaired) electrons. The zero-order valence-electron chi connectivity index (χ0n) is 14.3. The van der Waals surface area contributed by atoms with Gasteiger partial charge in [0.1, 0.15) is 11.8 Å². The molecule has 1 atom stereocenters. The lowest BCUT2D eigenvalue weighted by molar-refractivity contribution is -0.136. The Hall–Kier alpha value is -2.82. The van der Waals surface area contributed by atoms with Gasteiger partial charge in [-0.15, -0.1) is 0 Å². The summed E-state index contributed by atoms with van der Waals surface area (Å²) < 4.78 is 5.20.